The van der Waals surface area contributed by atoms with Gasteiger partial charge in [0.05, 0.1) is 11.0 Å². The van der Waals surface area contributed by atoms with Gasteiger partial charge < -0.3 is 9.13 Å². The molecule has 6 aromatic rings. The van der Waals surface area contributed by atoms with Crippen molar-refractivity contribution in [2.45, 2.75) is 40.0 Å². The van der Waals surface area contributed by atoms with E-state index in [-0.39, 0.29) is 0 Å². The lowest BCUT2D eigenvalue weighted by Crippen LogP contribution is -1.94. The fraction of sp³-hybridized carbons (Fsp3) is 0.171. The lowest BCUT2D eigenvalue weighted by molar-refractivity contribution is 0.782. The predicted molar refractivity (Wildman–Crippen MR) is 189 cm³/mol. The molecule has 2 heterocycles. The summed E-state index contributed by atoms with van der Waals surface area (Å²) in [5.41, 5.74) is 12.3. The van der Waals surface area contributed by atoms with Gasteiger partial charge in [0, 0.05) is 45.7 Å². The first-order valence-electron chi connectivity index (χ1n) is 15.2. The SMILES string of the molecule is C=Cc1c(C=C(C)C)c2cc(-c3ccc4c(c3)c3cc(C(C)C/C=C\C=C/C)ccc3n4-c3ccccc3)ccc2n1C. The highest BCUT2D eigenvalue weighted by molar-refractivity contribution is 6.11. The van der Waals surface area contributed by atoms with Crippen LogP contribution in [0.25, 0.3) is 61.7 Å². The van der Waals surface area contributed by atoms with Gasteiger partial charge in [-0.1, -0.05) is 85.9 Å². The smallest absolute Gasteiger partial charge is 0.0541 e. The molecule has 2 aromatic heterocycles. The molecule has 214 valence electrons. The third-order valence-corrected chi connectivity index (χ3v) is 8.55. The third kappa shape index (κ3) is 5.19. The summed E-state index contributed by atoms with van der Waals surface area (Å²) in [6.07, 6.45) is 13.8. The van der Waals surface area contributed by atoms with Gasteiger partial charge in [-0.25, -0.2) is 0 Å². The van der Waals surface area contributed by atoms with E-state index in [1.54, 1.807) is 0 Å². The van der Waals surface area contributed by atoms with Gasteiger partial charge in [-0.2, -0.15) is 0 Å². The summed E-state index contributed by atoms with van der Waals surface area (Å²) in [6, 6.07) is 31.5. The molecule has 0 spiro atoms. The summed E-state index contributed by atoms with van der Waals surface area (Å²) in [5, 5.41) is 3.83. The number of hydrogen-bond donors (Lipinski definition) is 0. The Balaban J connectivity index is 1.55. The maximum atomic E-state index is 4.11. The molecule has 0 saturated heterocycles. The second-order valence-corrected chi connectivity index (χ2v) is 11.8. The van der Waals surface area contributed by atoms with Crippen LogP contribution in [-0.2, 0) is 7.05 Å². The Hall–Kier alpha value is -4.82. The molecular formula is C41H40N2. The molecule has 6 rings (SSSR count). The average Bonchev–Trinajstić information content (AvgIpc) is 3.49. The topological polar surface area (TPSA) is 9.86 Å². The van der Waals surface area contributed by atoms with Crippen LogP contribution in [0.5, 0.6) is 0 Å². The molecular weight excluding hydrogens is 520 g/mol. The molecule has 0 aliphatic heterocycles. The van der Waals surface area contributed by atoms with Crippen molar-refractivity contribution < 1.29 is 0 Å². The van der Waals surface area contributed by atoms with Crippen molar-refractivity contribution >= 4 is 44.9 Å². The Bertz CT molecular complexity index is 2050. The van der Waals surface area contributed by atoms with Crippen LogP contribution in [-0.4, -0.2) is 9.13 Å². The summed E-state index contributed by atoms with van der Waals surface area (Å²) in [4.78, 5) is 0. The van der Waals surface area contributed by atoms with Gasteiger partial charge in [0.1, 0.15) is 0 Å². The average molecular weight is 561 g/mol. The van der Waals surface area contributed by atoms with Crippen LogP contribution in [0.2, 0.25) is 0 Å². The maximum Gasteiger partial charge on any atom is 0.0541 e. The van der Waals surface area contributed by atoms with E-state index in [2.05, 4.69) is 166 Å². The van der Waals surface area contributed by atoms with E-state index in [9.17, 15) is 0 Å². The molecule has 0 fully saturated rings. The lowest BCUT2D eigenvalue weighted by atomic mass is 9.95. The maximum absolute atomic E-state index is 4.11. The fourth-order valence-corrected chi connectivity index (χ4v) is 6.35. The van der Waals surface area contributed by atoms with Crippen molar-refractivity contribution in [2.75, 3.05) is 0 Å². The standard InChI is InChI=1S/C41H40N2/c1-7-9-10-12-15-29(5)30-18-22-40-36(25-30)37-27-32(20-23-41(37)43(40)33-16-13-11-14-17-33)31-19-21-39-35(26-31)34(24-28(3)4)38(8-2)42(39)6/h7-14,16-27,29H,2,15H2,1,3-6H3/b9-7-,12-10-. The minimum absolute atomic E-state index is 0.428. The zero-order chi connectivity index (χ0) is 30.1. The van der Waals surface area contributed by atoms with Crippen molar-refractivity contribution in [3.8, 4) is 16.8 Å². The Labute approximate surface area is 255 Å². The Kier molecular flexibility index (Phi) is 7.78. The first-order valence-corrected chi connectivity index (χ1v) is 15.2. The molecule has 0 aliphatic carbocycles. The molecule has 0 aliphatic rings. The molecule has 1 unspecified atom stereocenters. The number of benzene rings is 4. The lowest BCUT2D eigenvalue weighted by Gasteiger charge is -2.11. The van der Waals surface area contributed by atoms with Gasteiger partial charge in [0.15, 0.2) is 0 Å². The number of allylic oxidation sites excluding steroid dienone is 5. The fourth-order valence-electron chi connectivity index (χ4n) is 6.35. The van der Waals surface area contributed by atoms with Crippen molar-refractivity contribution in [1.82, 2.24) is 9.13 Å². The number of para-hydroxylation sites is 1. The minimum atomic E-state index is 0.428. The Morgan fingerprint density at radius 3 is 2.12 bits per heavy atom. The normalized spacial score (nSPS) is 12.7. The predicted octanol–water partition coefficient (Wildman–Crippen LogP) is 11.6. The summed E-state index contributed by atoms with van der Waals surface area (Å²) in [7, 11) is 2.13. The third-order valence-electron chi connectivity index (χ3n) is 8.55. The van der Waals surface area contributed by atoms with Crippen LogP contribution in [0.4, 0.5) is 0 Å². The van der Waals surface area contributed by atoms with E-state index in [0.717, 1.165) is 12.1 Å². The van der Waals surface area contributed by atoms with E-state index < -0.39 is 0 Å². The van der Waals surface area contributed by atoms with Gasteiger partial charge in [-0.15, -0.1) is 0 Å². The van der Waals surface area contributed by atoms with Crippen molar-refractivity contribution in [3.63, 3.8) is 0 Å². The van der Waals surface area contributed by atoms with E-state index >= 15 is 0 Å². The van der Waals surface area contributed by atoms with Gasteiger partial charge in [-0.3, -0.25) is 0 Å². The molecule has 2 nitrogen and oxygen atoms in total. The minimum Gasteiger partial charge on any atom is -0.344 e. The summed E-state index contributed by atoms with van der Waals surface area (Å²) >= 11 is 0. The molecule has 0 N–H and O–H groups in total. The van der Waals surface area contributed by atoms with Gasteiger partial charge >= 0.3 is 0 Å². The van der Waals surface area contributed by atoms with Crippen LogP contribution >= 0.6 is 0 Å². The van der Waals surface area contributed by atoms with E-state index in [1.165, 1.54) is 66.2 Å². The molecule has 0 saturated carbocycles. The van der Waals surface area contributed by atoms with E-state index in [1.807, 2.05) is 6.08 Å². The van der Waals surface area contributed by atoms with Crippen LogP contribution in [0.3, 0.4) is 0 Å². The van der Waals surface area contributed by atoms with Crippen LogP contribution in [0.1, 0.15) is 56.9 Å². The Morgan fingerprint density at radius 2 is 1.44 bits per heavy atom. The number of fused-ring (bicyclic) bond motifs is 4. The number of aryl methyl sites for hydroxylation is 1. The summed E-state index contributed by atoms with van der Waals surface area (Å²) in [6.45, 7) is 12.8. The highest BCUT2D eigenvalue weighted by atomic mass is 15.0. The zero-order valence-corrected chi connectivity index (χ0v) is 25.9. The quantitative estimate of drug-likeness (QED) is 0.164. The number of nitrogens with zero attached hydrogens (tertiary/aromatic N) is 2. The molecule has 43 heavy (non-hydrogen) atoms. The second kappa shape index (κ2) is 11.8. The molecule has 0 amide bonds. The van der Waals surface area contributed by atoms with Crippen LogP contribution in [0.15, 0.2) is 121 Å². The Morgan fingerprint density at radius 1 is 0.791 bits per heavy atom. The summed E-state index contributed by atoms with van der Waals surface area (Å²) < 4.78 is 4.65. The highest BCUT2D eigenvalue weighted by Gasteiger charge is 2.17. The zero-order valence-electron chi connectivity index (χ0n) is 25.9. The van der Waals surface area contributed by atoms with E-state index in [0.29, 0.717) is 5.92 Å². The first kappa shape index (κ1) is 28.3. The van der Waals surface area contributed by atoms with Gasteiger partial charge in [0.25, 0.3) is 0 Å². The molecule has 0 bridgehead atoms. The molecule has 0 radical (unpaired) electrons. The molecule has 1 atom stereocenters. The number of rotatable bonds is 8. The van der Waals surface area contributed by atoms with Crippen molar-refractivity contribution in [2.24, 2.45) is 7.05 Å². The monoisotopic (exact) mass is 560 g/mol. The highest BCUT2D eigenvalue weighted by Crippen LogP contribution is 2.38. The van der Waals surface area contributed by atoms with Gasteiger partial charge in [-0.05, 0) is 104 Å². The molecule has 4 aromatic carbocycles. The van der Waals surface area contributed by atoms with Crippen molar-refractivity contribution in [3.05, 3.63) is 138 Å². The van der Waals surface area contributed by atoms with Crippen LogP contribution < -0.4 is 0 Å². The number of hydrogen-bond acceptors (Lipinski definition) is 0. The number of aromatic nitrogens is 2. The second-order valence-electron chi connectivity index (χ2n) is 11.8. The van der Waals surface area contributed by atoms with Crippen LogP contribution in [0, 0.1) is 0 Å². The van der Waals surface area contributed by atoms with E-state index in [4.69, 9.17) is 0 Å². The largest absolute Gasteiger partial charge is 0.344 e. The summed E-state index contributed by atoms with van der Waals surface area (Å²) in [5.74, 6) is 0.428. The van der Waals surface area contributed by atoms with Gasteiger partial charge in [0.2, 0.25) is 0 Å². The molecule has 2 heteroatoms. The first-order chi connectivity index (χ1) is 20.9. The van der Waals surface area contributed by atoms with Crippen molar-refractivity contribution in [1.29, 1.82) is 0 Å².